The van der Waals surface area contributed by atoms with E-state index in [0.29, 0.717) is 11.7 Å². The predicted octanol–water partition coefficient (Wildman–Crippen LogP) is 3.29. The summed E-state index contributed by atoms with van der Waals surface area (Å²) in [4.78, 5) is 22.5. The number of halogens is 1. The Balaban J connectivity index is 2.18. The van der Waals surface area contributed by atoms with Gasteiger partial charge in [-0.05, 0) is 30.5 Å². The Labute approximate surface area is 128 Å². The van der Waals surface area contributed by atoms with Crippen LogP contribution in [0.1, 0.15) is 48.6 Å². The van der Waals surface area contributed by atoms with Gasteiger partial charge in [-0.3, -0.25) is 4.79 Å². The summed E-state index contributed by atoms with van der Waals surface area (Å²) in [7, 11) is 3.54. The number of aromatic nitrogens is 3. The van der Waals surface area contributed by atoms with Gasteiger partial charge in [-0.15, -0.1) is 0 Å². The van der Waals surface area contributed by atoms with Crippen LogP contribution in [0.2, 0.25) is 5.28 Å². The van der Waals surface area contributed by atoms with Gasteiger partial charge in [0.25, 0.3) is 5.91 Å². The van der Waals surface area contributed by atoms with Crippen LogP contribution in [0.5, 0.6) is 0 Å². The molecule has 6 heteroatoms. The first-order valence-corrected chi connectivity index (χ1v) is 7.71. The molecule has 0 bridgehead atoms. The third kappa shape index (κ3) is 2.62. The van der Waals surface area contributed by atoms with E-state index in [-0.39, 0.29) is 11.2 Å². The molecule has 1 aliphatic rings. The number of carbonyl (C=O) groups is 1. The Morgan fingerprint density at radius 3 is 2.71 bits per heavy atom. The zero-order valence-corrected chi connectivity index (χ0v) is 13.1. The number of hydrogen-bond donors (Lipinski definition) is 0. The maximum Gasteiger partial charge on any atom is 0.270 e. The van der Waals surface area contributed by atoms with Crippen molar-refractivity contribution in [3.8, 4) is 0 Å². The van der Waals surface area contributed by atoms with Crippen molar-refractivity contribution in [3.63, 3.8) is 0 Å². The van der Waals surface area contributed by atoms with Crippen LogP contribution in [-0.4, -0.2) is 39.4 Å². The molecule has 0 radical (unpaired) electrons. The Bertz CT molecular complexity index is 674. The minimum Gasteiger partial charge on any atom is -0.343 e. The van der Waals surface area contributed by atoms with Gasteiger partial charge < -0.3 is 9.47 Å². The van der Waals surface area contributed by atoms with Gasteiger partial charge in [-0.2, -0.15) is 4.98 Å². The predicted molar refractivity (Wildman–Crippen MR) is 82.7 cm³/mol. The lowest BCUT2D eigenvalue weighted by Crippen LogP contribution is -2.26. The summed E-state index contributed by atoms with van der Waals surface area (Å²) in [6.45, 7) is 0. The van der Waals surface area contributed by atoms with E-state index in [2.05, 4.69) is 14.5 Å². The summed E-state index contributed by atoms with van der Waals surface area (Å²) in [6, 6.07) is 2.20. The van der Waals surface area contributed by atoms with Crippen molar-refractivity contribution in [3.05, 3.63) is 23.2 Å². The Kier molecular flexibility index (Phi) is 3.85. The fourth-order valence-corrected chi connectivity index (χ4v) is 3.22. The zero-order valence-electron chi connectivity index (χ0n) is 12.3. The van der Waals surface area contributed by atoms with Crippen LogP contribution in [0.3, 0.4) is 0 Å². The van der Waals surface area contributed by atoms with E-state index in [0.717, 1.165) is 23.9 Å². The lowest BCUT2D eigenvalue weighted by atomic mass is 9.95. The minimum absolute atomic E-state index is 0.00491. The molecule has 0 spiro atoms. The van der Waals surface area contributed by atoms with E-state index < -0.39 is 0 Å². The lowest BCUT2D eigenvalue weighted by molar-refractivity contribution is 0.0813. The number of carbonyl (C=O) groups excluding carboxylic acids is 1. The van der Waals surface area contributed by atoms with E-state index in [9.17, 15) is 4.79 Å². The molecule has 2 aromatic rings. The van der Waals surface area contributed by atoms with Crippen molar-refractivity contribution in [1.29, 1.82) is 0 Å². The van der Waals surface area contributed by atoms with E-state index in [4.69, 9.17) is 11.6 Å². The molecule has 2 aromatic heterocycles. The van der Waals surface area contributed by atoms with Gasteiger partial charge >= 0.3 is 0 Å². The minimum atomic E-state index is -0.00491. The second-order valence-corrected chi connectivity index (χ2v) is 6.15. The normalized spacial score (nSPS) is 16.3. The molecule has 21 heavy (non-hydrogen) atoms. The molecule has 1 amide bonds. The fourth-order valence-electron chi connectivity index (χ4n) is 3.09. The highest BCUT2D eigenvalue weighted by molar-refractivity contribution is 6.28. The molecule has 112 valence electrons. The summed E-state index contributed by atoms with van der Waals surface area (Å²) in [5.41, 5.74) is 1.45. The summed E-state index contributed by atoms with van der Waals surface area (Å²) in [5, 5.41) is 1.09. The summed E-state index contributed by atoms with van der Waals surface area (Å²) < 4.78 is 2.07. The van der Waals surface area contributed by atoms with Crippen LogP contribution in [0.4, 0.5) is 0 Å². The first-order chi connectivity index (χ1) is 10.1. The molecule has 1 fully saturated rings. The quantitative estimate of drug-likeness (QED) is 0.800. The van der Waals surface area contributed by atoms with Crippen molar-refractivity contribution >= 4 is 28.5 Å². The molecular weight excluding hydrogens is 288 g/mol. The number of nitrogens with zero attached hydrogens (tertiary/aromatic N) is 4. The maximum atomic E-state index is 12.5. The van der Waals surface area contributed by atoms with Gasteiger partial charge in [0, 0.05) is 31.7 Å². The Morgan fingerprint density at radius 1 is 1.33 bits per heavy atom. The van der Waals surface area contributed by atoms with Crippen LogP contribution in [0.15, 0.2) is 12.3 Å². The largest absolute Gasteiger partial charge is 0.343 e. The van der Waals surface area contributed by atoms with Crippen molar-refractivity contribution < 1.29 is 4.79 Å². The number of fused-ring (bicyclic) bond motifs is 1. The number of rotatable bonds is 2. The molecule has 0 unspecified atom stereocenters. The average Bonchev–Trinajstić information content (AvgIpc) is 2.85. The maximum absolute atomic E-state index is 12.5. The highest BCUT2D eigenvalue weighted by Gasteiger charge is 2.25. The van der Waals surface area contributed by atoms with Gasteiger partial charge in [0.1, 0.15) is 11.3 Å². The van der Waals surface area contributed by atoms with Gasteiger partial charge in [-0.25, -0.2) is 4.98 Å². The molecule has 1 aliphatic carbocycles. The third-order valence-corrected chi connectivity index (χ3v) is 4.29. The molecule has 1 saturated carbocycles. The summed E-state index contributed by atoms with van der Waals surface area (Å²) in [6.07, 6.45) is 7.51. The molecule has 0 saturated heterocycles. The smallest absolute Gasteiger partial charge is 0.270 e. The van der Waals surface area contributed by atoms with Crippen molar-refractivity contribution in [2.24, 2.45) is 0 Å². The Morgan fingerprint density at radius 2 is 2.05 bits per heavy atom. The molecule has 5 nitrogen and oxygen atoms in total. The van der Waals surface area contributed by atoms with E-state index in [1.54, 1.807) is 25.2 Å². The van der Waals surface area contributed by atoms with Crippen molar-refractivity contribution in [2.75, 3.05) is 14.1 Å². The third-order valence-electron chi connectivity index (χ3n) is 4.11. The fraction of sp³-hybridized carbons (Fsp3) is 0.533. The van der Waals surface area contributed by atoms with Crippen LogP contribution < -0.4 is 0 Å². The van der Waals surface area contributed by atoms with Crippen LogP contribution in [-0.2, 0) is 0 Å². The standard InChI is InChI=1S/C15H19ClN4O/c1-19(2)14(21)12-8-10-9-17-15(16)18-13(10)20(12)11-6-4-3-5-7-11/h8-9,11H,3-7H2,1-2H3. The number of amides is 1. The molecular formula is C15H19ClN4O. The van der Waals surface area contributed by atoms with Crippen molar-refractivity contribution in [1.82, 2.24) is 19.4 Å². The van der Waals surface area contributed by atoms with Crippen LogP contribution >= 0.6 is 11.6 Å². The first-order valence-electron chi connectivity index (χ1n) is 7.33. The van der Waals surface area contributed by atoms with E-state index in [1.807, 2.05) is 6.07 Å². The molecule has 0 aliphatic heterocycles. The molecule has 0 N–H and O–H groups in total. The lowest BCUT2D eigenvalue weighted by Gasteiger charge is -2.26. The van der Waals surface area contributed by atoms with E-state index >= 15 is 0 Å². The van der Waals surface area contributed by atoms with Gasteiger partial charge in [0.2, 0.25) is 5.28 Å². The monoisotopic (exact) mass is 306 g/mol. The number of hydrogen-bond acceptors (Lipinski definition) is 3. The van der Waals surface area contributed by atoms with Crippen LogP contribution in [0, 0.1) is 0 Å². The van der Waals surface area contributed by atoms with E-state index in [1.165, 1.54) is 19.3 Å². The highest BCUT2D eigenvalue weighted by Crippen LogP contribution is 2.33. The topological polar surface area (TPSA) is 51.0 Å². The summed E-state index contributed by atoms with van der Waals surface area (Å²) >= 11 is 5.95. The Hall–Kier alpha value is -1.62. The molecule has 2 heterocycles. The molecule has 0 atom stereocenters. The first kappa shape index (κ1) is 14.3. The highest BCUT2D eigenvalue weighted by atomic mass is 35.5. The summed E-state index contributed by atoms with van der Waals surface area (Å²) in [5.74, 6) is -0.00491. The second-order valence-electron chi connectivity index (χ2n) is 5.81. The van der Waals surface area contributed by atoms with Gasteiger partial charge in [0.05, 0.1) is 0 Å². The van der Waals surface area contributed by atoms with Crippen molar-refractivity contribution in [2.45, 2.75) is 38.1 Å². The second kappa shape index (κ2) is 5.64. The molecule has 0 aromatic carbocycles. The average molecular weight is 307 g/mol. The molecule has 3 rings (SSSR count). The van der Waals surface area contributed by atoms with Gasteiger partial charge in [-0.1, -0.05) is 19.3 Å². The SMILES string of the molecule is CN(C)C(=O)c1cc2cnc(Cl)nc2n1C1CCCCC1. The van der Waals surface area contributed by atoms with Gasteiger partial charge in [0.15, 0.2) is 0 Å². The zero-order chi connectivity index (χ0) is 15.0. The van der Waals surface area contributed by atoms with Crippen LogP contribution in [0.25, 0.3) is 11.0 Å².